The summed E-state index contributed by atoms with van der Waals surface area (Å²) in [4.78, 5) is 27.7. The number of hydrogen-bond acceptors (Lipinski definition) is 2. The first-order valence-electron chi connectivity index (χ1n) is 5.21. The first-order chi connectivity index (χ1) is 9.75. The van der Waals surface area contributed by atoms with E-state index < -0.39 is 56.1 Å². The van der Waals surface area contributed by atoms with E-state index in [1.54, 1.807) is 0 Å². The van der Waals surface area contributed by atoms with Gasteiger partial charge >= 0.3 is 31.8 Å². The van der Waals surface area contributed by atoms with E-state index in [2.05, 4.69) is 0 Å². The number of carbonyl (C=O) groups is 1. The van der Waals surface area contributed by atoms with E-state index in [0.717, 1.165) is 0 Å². The lowest BCUT2D eigenvalue weighted by Gasteiger charge is -2.34. The molecule has 0 aliphatic carbocycles. The van der Waals surface area contributed by atoms with Crippen molar-refractivity contribution in [3.8, 4) is 0 Å². The van der Waals surface area contributed by atoms with E-state index in [-0.39, 0.29) is 0 Å². The largest absolute Gasteiger partial charge is 0.454 e. The zero-order valence-electron chi connectivity index (χ0n) is 10.4. The lowest BCUT2D eigenvalue weighted by Crippen LogP contribution is -2.59. The number of carbonyl (C=O) groups excluding carboxylic acids is 1. The highest BCUT2D eigenvalue weighted by molar-refractivity contribution is 7.51. The third-order valence-corrected chi connectivity index (χ3v) is 3.26. The summed E-state index contributed by atoms with van der Waals surface area (Å²) in [7, 11) is -5.22. The fourth-order valence-electron chi connectivity index (χ4n) is 1.36. The Hall–Kier alpha value is -0.880. The van der Waals surface area contributed by atoms with Crippen molar-refractivity contribution >= 4 is 13.4 Å². The van der Waals surface area contributed by atoms with Crippen LogP contribution in [0.4, 0.5) is 43.9 Å². The maximum atomic E-state index is 13.0. The molecule has 0 atom stereocenters. The highest BCUT2D eigenvalue weighted by Gasteiger charge is 2.77. The Labute approximate surface area is 120 Å². The molecule has 0 amide bonds. The van der Waals surface area contributed by atoms with Gasteiger partial charge in [0.1, 0.15) is 5.78 Å². The molecule has 0 aromatic heterocycles. The third kappa shape index (κ3) is 5.05. The van der Waals surface area contributed by atoms with Gasteiger partial charge in [0.05, 0.1) is 6.16 Å². The van der Waals surface area contributed by atoms with Gasteiger partial charge in [0.2, 0.25) is 0 Å². The summed E-state index contributed by atoms with van der Waals surface area (Å²) in [6, 6.07) is 0. The van der Waals surface area contributed by atoms with Gasteiger partial charge in [-0.1, -0.05) is 0 Å². The Bertz CT molecular complexity index is 464. The molecule has 0 saturated carbocycles. The van der Waals surface area contributed by atoms with E-state index in [9.17, 15) is 53.3 Å². The van der Waals surface area contributed by atoms with Crippen molar-refractivity contribution in [2.75, 3.05) is 6.16 Å². The molecule has 0 unspecified atom stereocenters. The van der Waals surface area contributed by atoms with Crippen LogP contribution < -0.4 is 0 Å². The van der Waals surface area contributed by atoms with Crippen LogP contribution in [0, 0.1) is 5.92 Å². The van der Waals surface area contributed by atoms with Gasteiger partial charge in [-0.3, -0.25) is 9.36 Å². The zero-order chi connectivity index (χ0) is 19.1. The molecule has 0 saturated heterocycles. The number of ketones is 1. The van der Waals surface area contributed by atoms with Crippen LogP contribution in [0.2, 0.25) is 0 Å². The molecule has 0 spiro atoms. The van der Waals surface area contributed by atoms with E-state index >= 15 is 0 Å². The molecule has 0 bridgehead atoms. The lowest BCUT2D eigenvalue weighted by atomic mass is 9.87. The molecule has 0 rings (SSSR count). The molecule has 0 heterocycles. The first-order valence-corrected chi connectivity index (χ1v) is 7.01. The van der Waals surface area contributed by atoms with Crippen molar-refractivity contribution in [3.05, 3.63) is 0 Å². The summed E-state index contributed by atoms with van der Waals surface area (Å²) < 4.78 is 135. The van der Waals surface area contributed by atoms with Crippen molar-refractivity contribution in [1.29, 1.82) is 0 Å². The van der Waals surface area contributed by atoms with Gasteiger partial charge in [0.15, 0.2) is 5.92 Å². The maximum absolute atomic E-state index is 13.0. The second-order valence-corrected chi connectivity index (χ2v) is 6.06. The van der Waals surface area contributed by atoms with E-state index in [0.29, 0.717) is 0 Å². The number of Topliss-reactive ketones (excluding diaryl/α,β-unsaturated/α-hetero) is 1. The van der Waals surface area contributed by atoms with Crippen molar-refractivity contribution < 1.29 is 63.1 Å². The van der Waals surface area contributed by atoms with Gasteiger partial charge in [-0.05, 0) is 0 Å². The molecular weight excluding hydrogens is 381 g/mol. The first kappa shape index (κ1) is 22.1. The molecule has 4 nitrogen and oxygen atoms in total. The Kier molecular flexibility index (Phi) is 5.97. The third-order valence-electron chi connectivity index (χ3n) is 2.45. The predicted octanol–water partition coefficient (Wildman–Crippen LogP) is 3.13. The summed E-state index contributed by atoms with van der Waals surface area (Å²) in [5, 5.41) is 0. The van der Waals surface area contributed by atoms with Crippen LogP contribution in [-0.4, -0.2) is 45.9 Å². The molecule has 15 heteroatoms. The number of rotatable bonds is 6. The van der Waals surface area contributed by atoms with Crippen molar-refractivity contribution in [1.82, 2.24) is 0 Å². The Balaban J connectivity index is 5.95. The van der Waals surface area contributed by atoms with Gasteiger partial charge in [-0.25, -0.2) is 0 Å². The molecule has 23 heavy (non-hydrogen) atoms. The second kappa shape index (κ2) is 6.20. The van der Waals surface area contributed by atoms with Gasteiger partial charge in [-0.15, -0.1) is 0 Å². The average molecular weight is 388 g/mol. The fraction of sp³-hybridized carbons (Fsp3) is 0.875. The Morgan fingerprint density at radius 3 is 1.35 bits per heavy atom. The normalized spacial score (nSPS) is 15.2. The molecule has 0 radical (unpaired) electrons. The number of halogens is 10. The molecule has 0 aromatic rings. The summed E-state index contributed by atoms with van der Waals surface area (Å²) in [5.41, 5.74) is 0. The molecule has 0 aliphatic heterocycles. The van der Waals surface area contributed by atoms with Gasteiger partial charge in [0, 0.05) is 6.42 Å². The molecular formula is C8H7F10O4P. The average Bonchev–Trinajstić information content (AvgIpc) is 2.21. The molecule has 2 N–H and O–H groups in total. The summed E-state index contributed by atoms with van der Waals surface area (Å²) in [6.07, 6.45) is -17.7. The standard InChI is InChI=1S/C8H7F10O4P/c9-5(10,7(13,14)15)4(6(11,12)8(16,17)18)3(19)1-2-23(20,21)22/h4H,1-2H2,(H2,20,21,22). The van der Waals surface area contributed by atoms with E-state index in [1.807, 2.05) is 0 Å². The molecule has 0 aliphatic rings. The highest BCUT2D eigenvalue weighted by atomic mass is 31.2. The van der Waals surface area contributed by atoms with Crippen LogP contribution in [0.15, 0.2) is 0 Å². The van der Waals surface area contributed by atoms with Gasteiger partial charge < -0.3 is 9.79 Å². The number of alkyl halides is 10. The minimum atomic E-state index is -6.93. The minimum absolute atomic E-state index is 1.77. The fourth-order valence-corrected chi connectivity index (χ4v) is 1.87. The molecule has 0 aromatic carbocycles. The highest BCUT2D eigenvalue weighted by Crippen LogP contribution is 2.53. The second-order valence-electron chi connectivity index (χ2n) is 4.28. The van der Waals surface area contributed by atoms with Crippen molar-refractivity contribution in [2.45, 2.75) is 30.6 Å². The van der Waals surface area contributed by atoms with Crippen LogP contribution in [0.1, 0.15) is 6.42 Å². The van der Waals surface area contributed by atoms with Crippen LogP contribution in [0.25, 0.3) is 0 Å². The summed E-state index contributed by atoms with van der Waals surface area (Å²) in [5.74, 6) is -21.8. The minimum Gasteiger partial charge on any atom is -0.324 e. The van der Waals surface area contributed by atoms with Crippen LogP contribution in [-0.2, 0) is 9.36 Å². The van der Waals surface area contributed by atoms with Crippen molar-refractivity contribution in [2.24, 2.45) is 5.92 Å². The Morgan fingerprint density at radius 1 is 0.826 bits per heavy atom. The lowest BCUT2D eigenvalue weighted by molar-refractivity contribution is -0.364. The van der Waals surface area contributed by atoms with Gasteiger partial charge in [-0.2, -0.15) is 43.9 Å². The van der Waals surface area contributed by atoms with E-state index in [1.165, 1.54) is 0 Å². The molecule has 0 fully saturated rings. The van der Waals surface area contributed by atoms with Crippen LogP contribution in [0.3, 0.4) is 0 Å². The monoisotopic (exact) mass is 388 g/mol. The predicted molar refractivity (Wildman–Crippen MR) is 52.0 cm³/mol. The number of hydrogen-bond donors (Lipinski definition) is 2. The van der Waals surface area contributed by atoms with E-state index in [4.69, 9.17) is 9.79 Å². The van der Waals surface area contributed by atoms with Crippen LogP contribution >= 0.6 is 7.60 Å². The SMILES string of the molecule is O=C(CCP(=O)(O)O)C(C(F)(F)C(F)(F)F)C(F)(F)C(F)(F)F. The summed E-state index contributed by atoms with van der Waals surface area (Å²) in [6.45, 7) is 0. The maximum Gasteiger partial charge on any atom is 0.454 e. The van der Waals surface area contributed by atoms with Gasteiger partial charge in [0.25, 0.3) is 0 Å². The quantitative estimate of drug-likeness (QED) is 0.542. The zero-order valence-corrected chi connectivity index (χ0v) is 11.3. The molecule has 138 valence electrons. The van der Waals surface area contributed by atoms with Crippen molar-refractivity contribution in [3.63, 3.8) is 0 Å². The summed E-state index contributed by atoms with van der Waals surface area (Å²) >= 11 is 0. The van der Waals surface area contributed by atoms with Crippen LogP contribution in [0.5, 0.6) is 0 Å². The topological polar surface area (TPSA) is 74.6 Å². The smallest absolute Gasteiger partial charge is 0.324 e. The Morgan fingerprint density at radius 2 is 1.13 bits per heavy atom.